The van der Waals surface area contributed by atoms with Crippen LogP contribution in [0.25, 0.3) is 0 Å². The van der Waals surface area contributed by atoms with Gasteiger partial charge in [-0.3, -0.25) is 4.79 Å². The van der Waals surface area contributed by atoms with Crippen LogP contribution in [0.2, 0.25) is 0 Å². The van der Waals surface area contributed by atoms with Crippen LogP contribution in [0.1, 0.15) is 23.2 Å². The van der Waals surface area contributed by atoms with Crippen LogP contribution in [-0.2, 0) is 0 Å². The quantitative estimate of drug-likeness (QED) is 0.859. The molecule has 5 heteroatoms. The Bertz CT molecular complexity index is 508. The Balaban J connectivity index is 1.88. The largest absolute Gasteiger partial charge is 0.334 e. The van der Waals surface area contributed by atoms with E-state index in [1.807, 2.05) is 4.90 Å². The predicted octanol–water partition coefficient (Wildman–Crippen LogP) is 2.41. The lowest BCUT2D eigenvalue weighted by Gasteiger charge is -2.37. The van der Waals surface area contributed by atoms with Crippen LogP contribution < -0.4 is 5.32 Å². The van der Waals surface area contributed by atoms with Gasteiger partial charge in [0.25, 0.3) is 5.91 Å². The van der Waals surface area contributed by atoms with Crippen molar-refractivity contribution in [3.63, 3.8) is 0 Å². The van der Waals surface area contributed by atoms with Crippen LogP contribution in [0.4, 0.5) is 4.39 Å². The second kappa shape index (κ2) is 5.21. The van der Waals surface area contributed by atoms with Crippen molar-refractivity contribution in [3.05, 3.63) is 34.1 Å². The minimum absolute atomic E-state index is 0.168. The molecule has 1 aromatic rings. The molecule has 0 saturated carbocycles. The highest BCUT2D eigenvalue weighted by molar-refractivity contribution is 9.10. The maximum absolute atomic E-state index is 14.0. The summed E-state index contributed by atoms with van der Waals surface area (Å²) >= 11 is 3.14. The molecular weight excluding hydrogens is 311 g/mol. The molecule has 3 rings (SSSR count). The molecule has 0 aliphatic carbocycles. The molecule has 2 aliphatic rings. The average molecular weight is 327 g/mol. The Hall–Kier alpha value is -0.940. The van der Waals surface area contributed by atoms with Crippen molar-refractivity contribution in [2.75, 3.05) is 19.6 Å². The zero-order chi connectivity index (χ0) is 13.4. The van der Waals surface area contributed by atoms with E-state index in [4.69, 9.17) is 0 Å². The van der Waals surface area contributed by atoms with Gasteiger partial charge >= 0.3 is 0 Å². The molecule has 0 spiro atoms. The lowest BCUT2D eigenvalue weighted by molar-refractivity contribution is 0.0570. The highest BCUT2D eigenvalue weighted by atomic mass is 79.9. The normalized spacial score (nSPS) is 26.3. The lowest BCUT2D eigenvalue weighted by Crippen LogP contribution is -2.48. The fourth-order valence-electron chi connectivity index (χ4n) is 3.14. The van der Waals surface area contributed by atoms with Gasteiger partial charge in [-0.1, -0.05) is 6.07 Å². The number of nitrogens with one attached hydrogen (secondary N) is 1. The summed E-state index contributed by atoms with van der Waals surface area (Å²) in [7, 11) is 0. The van der Waals surface area contributed by atoms with Crippen LogP contribution in [0.5, 0.6) is 0 Å². The van der Waals surface area contributed by atoms with Crippen molar-refractivity contribution in [3.8, 4) is 0 Å². The predicted molar refractivity (Wildman–Crippen MR) is 74.5 cm³/mol. The Kier molecular flexibility index (Phi) is 3.58. The van der Waals surface area contributed by atoms with Gasteiger partial charge in [0.2, 0.25) is 0 Å². The van der Waals surface area contributed by atoms with Crippen LogP contribution >= 0.6 is 15.9 Å². The third kappa shape index (κ3) is 2.30. The fourth-order valence-corrected chi connectivity index (χ4v) is 3.51. The molecule has 102 valence electrons. The second-order valence-corrected chi connectivity index (χ2v) is 6.08. The number of amides is 1. The molecule has 2 heterocycles. The van der Waals surface area contributed by atoms with E-state index in [0.717, 1.165) is 32.5 Å². The third-order valence-corrected chi connectivity index (χ3v) is 4.73. The number of hydrogen-bond acceptors (Lipinski definition) is 2. The summed E-state index contributed by atoms with van der Waals surface area (Å²) in [5.74, 6) is -0.120. The average Bonchev–Trinajstić information content (AvgIpc) is 2.89. The molecule has 2 aliphatic heterocycles. The minimum atomic E-state index is -0.458. The molecule has 3 nitrogen and oxygen atoms in total. The molecule has 2 saturated heterocycles. The molecule has 2 fully saturated rings. The van der Waals surface area contributed by atoms with Crippen LogP contribution in [0.3, 0.4) is 0 Å². The van der Waals surface area contributed by atoms with Gasteiger partial charge in [-0.25, -0.2) is 4.39 Å². The zero-order valence-corrected chi connectivity index (χ0v) is 12.1. The van der Waals surface area contributed by atoms with E-state index in [0.29, 0.717) is 10.4 Å². The summed E-state index contributed by atoms with van der Waals surface area (Å²) < 4.78 is 14.4. The van der Waals surface area contributed by atoms with Gasteiger partial charge in [0.05, 0.1) is 10.0 Å². The molecule has 0 aromatic heterocycles. The molecule has 1 N–H and O–H groups in total. The summed E-state index contributed by atoms with van der Waals surface area (Å²) in [6.07, 6.45) is 2.16. The van der Waals surface area contributed by atoms with E-state index in [1.54, 1.807) is 18.2 Å². The van der Waals surface area contributed by atoms with E-state index in [-0.39, 0.29) is 17.5 Å². The number of piperidine rings is 1. The van der Waals surface area contributed by atoms with Gasteiger partial charge < -0.3 is 10.2 Å². The second-order valence-electron chi connectivity index (χ2n) is 5.23. The van der Waals surface area contributed by atoms with Crippen molar-refractivity contribution in [2.24, 2.45) is 5.92 Å². The number of fused-ring (bicyclic) bond motifs is 1. The fraction of sp³-hybridized carbons (Fsp3) is 0.500. The number of hydrogen-bond donors (Lipinski definition) is 1. The topological polar surface area (TPSA) is 32.3 Å². The van der Waals surface area contributed by atoms with Crippen molar-refractivity contribution < 1.29 is 9.18 Å². The van der Waals surface area contributed by atoms with Crippen LogP contribution in [0, 0.1) is 11.7 Å². The first-order chi connectivity index (χ1) is 9.18. The number of carbonyl (C=O) groups is 1. The van der Waals surface area contributed by atoms with E-state index >= 15 is 0 Å². The number of carbonyl (C=O) groups excluding carboxylic acids is 1. The highest BCUT2D eigenvalue weighted by Gasteiger charge is 2.38. The zero-order valence-electron chi connectivity index (χ0n) is 10.5. The van der Waals surface area contributed by atoms with Gasteiger partial charge in [-0.15, -0.1) is 0 Å². The molecular formula is C14H16BrFN2O. The number of nitrogens with zero attached hydrogens (tertiary/aromatic N) is 1. The SMILES string of the molecule is O=C(c1cccc(Br)c1F)N1CCCC2CNCC21. The van der Waals surface area contributed by atoms with E-state index in [2.05, 4.69) is 21.2 Å². The summed E-state index contributed by atoms with van der Waals surface area (Å²) in [5, 5.41) is 3.33. The molecule has 0 bridgehead atoms. The highest BCUT2D eigenvalue weighted by Crippen LogP contribution is 2.29. The number of likely N-dealkylation sites (tertiary alicyclic amines) is 1. The van der Waals surface area contributed by atoms with E-state index in [1.165, 1.54) is 0 Å². The summed E-state index contributed by atoms with van der Waals surface area (Å²) in [5.41, 5.74) is 0.168. The van der Waals surface area contributed by atoms with E-state index < -0.39 is 5.82 Å². The third-order valence-electron chi connectivity index (χ3n) is 4.12. The van der Waals surface area contributed by atoms with Gasteiger partial charge in [-0.2, -0.15) is 0 Å². The van der Waals surface area contributed by atoms with Gasteiger partial charge in [-0.05, 0) is 46.8 Å². The molecule has 1 amide bonds. The van der Waals surface area contributed by atoms with Crippen molar-refractivity contribution in [2.45, 2.75) is 18.9 Å². The Morgan fingerprint density at radius 2 is 2.26 bits per heavy atom. The maximum Gasteiger partial charge on any atom is 0.257 e. The van der Waals surface area contributed by atoms with Crippen LogP contribution in [0.15, 0.2) is 22.7 Å². The van der Waals surface area contributed by atoms with Crippen molar-refractivity contribution in [1.29, 1.82) is 0 Å². The van der Waals surface area contributed by atoms with E-state index in [9.17, 15) is 9.18 Å². The molecule has 0 radical (unpaired) electrons. The Morgan fingerprint density at radius 3 is 3.11 bits per heavy atom. The first-order valence-corrected chi connectivity index (χ1v) is 7.43. The Labute approximate surface area is 120 Å². The Morgan fingerprint density at radius 1 is 1.42 bits per heavy atom. The maximum atomic E-state index is 14.0. The number of benzene rings is 1. The van der Waals surface area contributed by atoms with Crippen molar-refractivity contribution in [1.82, 2.24) is 10.2 Å². The van der Waals surface area contributed by atoms with Gasteiger partial charge in [0.15, 0.2) is 0 Å². The van der Waals surface area contributed by atoms with Crippen LogP contribution in [-0.4, -0.2) is 36.5 Å². The molecule has 2 atom stereocenters. The first kappa shape index (κ1) is 13.1. The monoisotopic (exact) mass is 326 g/mol. The number of halogens is 2. The number of rotatable bonds is 1. The molecule has 1 aromatic carbocycles. The lowest BCUT2D eigenvalue weighted by atomic mass is 9.91. The van der Waals surface area contributed by atoms with Gasteiger partial charge in [0.1, 0.15) is 5.82 Å². The standard InChI is InChI=1S/C14H16BrFN2O/c15-11-5-1-4-10(13(11)16)14(19)18-6-2-3-9-7-17-8-12(9)18/h1,4-5,9,12,17H,2-3,6-8H2. The molecule has 19 heavy (non-hydrogen) atoms. The summed E-state index contributed by atoms with van der Waals surface area (Å²) in [6.45, 7) is 2.52. The minimum Gasteiger partial charge on any atom is -0.334 e. The summed E-state index contributed by atoms with van der Waals surface area (Å²) in [4.78, 5) is 14.4. The van der Waals surface area contributed by atoms with Gasteiger partial charge in [0, 0.05) is 25.7 Å². The van der Waals surface area contributed by atoms with Crippen molar-refractivity contribution >= 4 is 21.8 Å². The first-order valence-electron chi connectivity index (χ1n) is 6.64. The smallest absolute Gasteiger partial charge is 0.257 e. The summed E-state index contributed by atoms with van der Waals surface area (Å²) in [6, 6.07) is 5.10. The molecule has 2 unspecified atom stereocenters.